The summed E-state index contributed by atoms with van der Waals surface area (Å²) in [5, 5.41) is 11.6. The molecule has 0 aromatic rings. The molecule has 2 heterocycles. The van der Waals surface area contributed by atoms with Crippen molar-refractivity contribution in [1.29, 1.82) is 0 Å². The van der Waals surface area contributed by atoms with Crippen LogP contribution < -0.4 is 5.32 Å². The van der Waals surface area contributed by atoms with Crippen molar-refractivity contribution in [2.75, 3.05) is 26.2 Å². The summed E-state index contributed by atoms with van der Waals surface area (Å²) in [6, 6.07) is 0.558. The average Bonchev–Trinajstić information content (AvgIpc) is 3.09. The zero-order chi connectivity index (χ0) is 15.2. The van der Waals surface area contributed by atoms with Crippen molar-refractivity contribution >= 4 is 12.0 Å². The molecule has 0 saturated carbocycles. The van der Waals surface area contributed by atoms with Gasteiger partial charge in [0, 0.05) is 31.6 Å². The highest BCUT2D eigenvalue weighted by Crippen LogP contribution is 2.20. The van der Waals surface area contributed by atoms with Gasteiger partial charge in [0.25, 0.3) is 0 Å². The zero-order valence-corrected chi connectivity index (χ0v) is 12.9. The van der Waals surface area contributed by atoms with Crippen LogP contribution in [-0.4, -0.2) is 65.2 Å². The lowest BCUT2D eigenvalue weighted by molar-refractivity contribution is -0.137. The maximum Gasteiger partial charge on any atom is 0.317 e. The van der Waals surface area contributed by atoms with Crippen LogP contribution in [-0.2, 0) is 4.79 Å². The lowest BCUT2D eigenvalue weighted by Gasteiger charge is -2.24. The average molecular weight is 297 g/mol. The Balaban J connectivity index is 1.67. The van der Waals surface area contributed by atoms with E-state index in [0.717, 1.165) is 19.5 Å². The number of hydrogen-bond donors (Lipinski definition) is 2. The van der Waals surface area contributed by atoms with Gasteiger partial charge in [-0.1, -0.05) is 0 Å². The van der Waals surface area contributed by atoms with E-state index in [1.54, 1.807) is 0 Å². The molecule has 0 bridgehead atoms. The molecule has 2 saturated heterocycles. The molecule has 2 N–H and O–H groups in total. The minimum atomic E-state index is -0.776. The number of carboxylic acids is 1. The molecule has 2 atom stereocenters. The van der Waals surface area contributed by atoms with E-state index < -0.39 is 5.97 Å². The molecule has 6 heteroatoms. The highest BCUT2D eigenvalue weighted by atomic mass is 16.4. The number of carboxylic acid groups (broad SMARTS) is 1. The topological polar surface area (TPSA) is 72.9 Å². The summed E-state index contributed by atoms with van der Waals surface area (Å²) in [6.45, 7) is 5.94. The van der Waals surface area contributed by atoms with Gasteiger partial charge in [0.05, 0.1) is 0 Å². The summed E-state index contributed by atoms with van der Waals surface area (Å²) in [5.41, 5.74) is 0. The van der Waals surface area contributed by atoms with E-state index >= 15 is 0 Å². The summed E-state index contributed by atoms with van der Waals surface area (Å²) in [5.74, 6) is -0.776. The molecule has 2 amide bonds. The minimum absolute atomic E-state index is 0.000443. The number of hydrogen-bond acceptors (Lipinski definition) is 3. The Morgan fingerprint density at radius 2 is 2.00 bits per heavy atom. The molecular formula is C15H27N3O3. The molecule has 0 aromatic heterocycles. The fraction of sp³-hybridized carbons (Fsp3) is 0.867. The molecule has 0 radical (unpaired) electrons. The first-order chi connectivity index (χ1) is 10.1. The molecule has 0 aromatic carbocycles. The number of likely N-dealkylation sites (tertiary alicyclic amines) is 2. The molecule has 2 unspecified atom stereocenters. The number of amides is 2. The van der Waals surface area contributed by atoms with Gasteiger partial charge in [0.2, 0.25) is 0 Å². The molecule has 2 aliphatic rings. The lowest BCUT2D eigenvalue weighted by Crippen LogP contribution is -2.44. The summed E-state index contributed by atoms with van der Waals surface area (Å²) in [4.78, 5) is 27.1. The second kappa shape index (κ2) is 7.64. The first kappa shape index (κ1) is 16.1. The van der Waals surface area contributed by atoms with Gasteiger partial charge in [-0.2, -0.15) is 0 Å². The number of urea groups is 1. The Hall–Kier alpha value is -1.30. The van der Waals surface area contributed by atoms with Gasteiger partial charge < -0.3 is 15.3 Å². The first-order valence-electron chi connectivity index (χ1n) is 8.07. The SMILES string of the molecule is CC(CCCC(=O)O)NC(=O)N1CCC(N2CCCC2)C1. The number of nitrogens with zero attached hydrogens (tertiary/aromatic N) is 2. The smallest absolute Gasteiger partial charge is 0.317 e. The van der Waals surface area contributed by atoms with Crippen molar-refractivity contribution in [3.63, 3.8) is 0 Å². The number of nitrogens with one attached hydrogen (secondary N) is 1. The van der Waals surface area contributed by atoms with Crippen molar-refractivity contribution in [2.24, 2.45) is 0 Å². The van der Waals surface area contributed by atoms with E-state index in [9.17, 15) is 9.59 Å². The number of carbonyl (C=O) groups excluding carboxylic acids is 1. The Labute approximate surface area is 126 Å². The van der Waals surface area contributed by atoms with Crippen LogP contribution in [0.2, 0.25) is 0 Å². The van der Waals surface area contributed by atoms with Crippen molar-refractivity contribution in [3.8, 4) is 0 Å². The standard InChI is InChI=1S/C15H27N3O3/c1-12(5-4-6-14(19)20)16-15(21)18-10-7-13(11-18)17-8-2-3-9-17/h12-13H,2-11H2,1H3,(H,16,21)(H,19,20). The largest absolute Gasteiger partial charge is 0.481 e. The Morgan fingerprint density at radius 1 is 1.29 bits per heavy atom. The first-order valence-corrected chi connectivity index (χ1v) is 8.07. The molecule has 2 rings (SSSR count). The van der Waals surface area contributed by atoms with Crippen LogP contribution in [0.1, 0.15) is 45.4 Å². The van der Waals surface area contributed by atoms with Crippen molar-refractivity contribution in [2.45, 2.75) is 57.5 Å². The summed E-state index contributed by atoms with van der Waals surface area (Å²) in [6.07, 6.45) is 5.11. The van der Waals surface area contributed by atoms with Crippen LogP contribution in [0.15, 0.2) is 0 Å². The van der Waals surface area contributed by atoms with Gasteiger partial charge in [-0.15, -0.1) is 0 Å². The van der Waals surface area contributed by atoms with Gasteiger partial charge in [-0.3, -0.25) is 9.69 Å². The molecule has 0 spiro atoms. The molecular weight excluding hydrogens is 270 g/mol. The van der Waals surface area contributed by atoms with Crippen LogP contribution in [0, 0.1) is 0 Å². The second-order valence-corrected chi connectivity index (χ2v) is 6.27. The third kappa shape index (κ3) is 4.88. The van der Waals surface area contributed by atoms with E-state index in [1.165, 1.54) is 25.9 Å². The van der Waals surface area contributed by atoms with E-state index in [2.05, 4.69) is 10.2 Å². The third-order valence-corrected chi connectivity index (χ3v) is 4.51. The van der Waals surface area contributed by atoms with Crippen LogP contribution in [0.4, 0.5) is 4.79 Å². The Morgan fingerprint density at radius 3 is 2.67 bits per heavy atom. The van der Waals surface area contributed by atoms with E-state index in [-0.39, 0.29) is 18.5 Å². The Bertz CT molecular complexity index is 369. The number of aliphatic carboxylic acids is 1. The fourth-order valence-electron chi connectivity index (χ4n) is 3.26. The number of carbonyl (C=O) groups is 2. The van der Waals surface area contributed by atoms with E-state index in [1.807, 2.05) is 11.8 Å². The third-order valence-electron chi connectivity index (χ3n) is 4.51. The normalized spacial score (nSPS) is 24.2. The minimum Gasteiger partial charge on any atom is -0.481 e. The van der Waals surface area contributed by atoms with Crippen LogP contribution in [0.25, 0.3) is 0 Å². The van der Waals surface area contributed by atoms with Gasteiger partial charge in [0.15, 0.2) is 0 Å². The van der Waals surface area contributed by atoms with Crippen LogP contribution >= 0.6 is 0 Å². The van der Waals surface area contributed by atoms with Crippen molar-refractivity contribution < 1.29 is 14.7 Å². The van der Waals surface area contributed by atoms with Crippen LogP contribution in [0.3, 0.4) is 0 Å². The van der Waals surface area contributed by atoms with Gasteiger partial charge in [0.1, 0.15) is 0 Å². The highest BCUT2D eigenvalue weighted by molar-refractivity contribution is 5.74. The summed E-state index contributed by atoms with van der Waals surface area (Å²) >= 11 is 0. The van der Waals surface area contributed by atoms with Crippen molar-refractivity contribution in [1.82, 2.24) is 15.1 Å². The quantitative estimate of drug-likeness (QED) is 0.779. The number of rotatable bonds is 6. The second-order valence-electron chi connectivity index (χ2n) is 6.27. The monoisotopic (exact) mass is 297 g/mol. The highest BCUT2D eigenvalue weighted by Gasteiger charge is 2.31. The summed E-state index contributed by atoms with van der Waals surface area (Å²) < 4.78 is 0. The maximum absolute atomic E-state index is 12.2. The van der Waals surface area contributed by atoms with Crippen molar-refractivity contribution in [3.05, 3.63) is 0 Å². The molecule has 6 nitrogen and oxygen atoms in total. The van der Waals surface area contributed by atoms with Gasteiger partial charge >= 0.3 is 12.0 Å². The Kier molecular flexibility index (Phi) is 5.85. The van der Waals surface area contributed by atoms with Gasteiger partial charge in [-0.05, 0) is 52.1 Å². The lowest BCUT2D eigenvalue weighted by atomic mass is 10.1. The molecule has 2 fully saturated rings. The zero-order valence-electron chi connectivity index (χ0n) is 12.9. The van der Waals surface area contributed by atoms with E-state index in [4.69, 9.17) is 5.11 Å². The van der Waals surface area contributed by atoms with Gasteiger partial charge in [-0.25, -0.2) is 4.79 Å². The van der Waals surface area contributed by atoms with E-state index in [0.29, 0.717) is 18.9 Å². The summed E-state index contributed by atoms with van der Waals surface area (Å²) in [7, 11) is 0. The molecule has 2 aliphatic heterocycles. The fourth-order valence-corrected chi connectivity index (χ4v) is 3.26. The maximum atomic E-state index is 12.2. The molecule has 0 aliphatic carbocycles. The predicted octanol–water partition coefficient (Wildman–Crippen LogP) is 1.51. The molecule has 21 heavy (non-hydrogen) atoms. The van der Waals surface area contributed by atoms with Crippen LogP contribution in [0.5, 0.6) is 0 Å². The predicted molar refractivity (Wildman–Crippen MR) is 80.3 cm³/mol. The molecule has 120 valence electrons.